The lowest BCUT2D eigenvalue weighted by atomic mass is 10.1. The lowest BCUT2D eigenvalue weighted by Gasteiger charge is -2.26. The Balaban J connectivity index is 1.76. The maximum atomic E-state index is 12.9. The van der Waals surface area contributed by atoms with E-state index in [1.54, 1.807) is 0 Å². The molecule has 1 saturated heterocycles. The number of carbonyl (C=O) groups is 1. The van der Waals surface area contributed by atoms with E-state index in [1.165, 1.54) is 46.8 Å². The van der Waals surface area contributed by atoms with Gasteiger partial charge in [-0.05, 0) is 35.9 Å². The van der Waals surface area contributed by atoms with Gasteiger partial charge in [-0.1, -0.05) is 23.7 Å². The zero-order valence-corrected chi connectivity index (χ0v) is 15.9. The molecular weight excluding hydrogens is 395 g/mol. The first-order chi connectivity index (χ1) is 12.9. The summed E-state index contributed by atoms with van der Waals surface area (Å²) < 4.78 is 45.0. The number of carbonyl (C=O) groups excluding carboxylic acids is 1. The van der Waals surface area contributed by atoms with Crippen LogP contribution in [0.4, 0.5) is 10.1 Å². The van der Waals surface area contributed by atoms with Crippen molar-refractivity contribution in [3.63, 3.8) is 0 Å². The third kappa shape index (κ3) is 4.84. The minimum Gasteiger partial charge on any atom is -0.379 e. The van der Waals surface area contributed by atoms with Crippen LogP contribution in [-0.2, 0) is 26.0 Å². The Bertz CT molecular complexity index is 929. The molecule has 0 atom stereocenters. The molecule has 1 heterocycles. The maximum absolute atomic E-state index is 12.9. The van der Waals surface area contributed by atoms with Crippen molar-refractivity contribution in [2.45, 2.75) is 11.3 Å². The van der Waals surface area contributed by atoms with Crippen molar-refractivity contribution in [2.75, 3.05) is 31.6 Å². The molecule has 2 aromatic rings. The van der Waals surface area contributed by atoms with Crippen LogP contribution in [0.2, 0.25) is 5.02 Å². The number of nitrogens with one attached hydrogen (secondary N) is 1. The number of sulfonamides is 1. The first kappa shape index (κ1) is 19.8. The molecule has 27 heavy (non-hydrogen) atoms. The fourth-order valence-electron chi connectivity index (χ4n) is 2.70. The van der Waals surface area contributed by atoms with Crippen molar-refractivity contribution in [1.29, 1.82) is 0 Å². The van der Waals surface area contributed by atoms with Crippen LogP contribution in [0.5, 0.6) is 0 Å². The average Bonchev–Trinajstić information content (AvgIpc) is 2.66. The van der Waals surface area contributed by atoms with Crippen molar-refractivity contribution < 1.29 is 22.3 Å². The van der Waals surface area contributed by atoms with Crippen LogP contribution < -0.4 is 5.32 Å². The van der Waals surface area contributed by atoms with E-state index in [0.29, 0.717) is 24.5 Å². The molecule has 1 aliphatic heterocycles. The molecular formula is C18H18ClFN2O4S. The van der Waals surface area contributed by atoms with Gasteiger partial charge in [-0.3, -0.25) is 4.79 Å². The highest BCUT2D eigenvalue weighted by molar-refractivity contribution is 7.89. The monoisotopic (exact) mass is 412 g/mol. The molecule has 0 bridgehead atoms. The Morgan fingerprint density at radius 3 is 2.48 bits per heavy atom. The molecule has 0 spiro atoms. The summed E-state index contributed by atoms with van der Waals surface area (Å²) in [4.78, 5) is 12.1. The molecule has 2 aromatic carbocycles. The van der Waals surface area contributed by atoms with Crippen LogP contribution in [0.25, 0.3) is 0 Å². The van der Waals surface area contributed by atoms with Crippen LogP contribution in [-0.4, -0.2) is 44.9 Å². The third-order valence-corrected chi connectivity index (χ3v) is 6.46. The SMILES string of the molecule is O=C(Cc1ccc(F)cc1)Nc1ccc(Cl)c(S(=O)(=O)N2CCOCC2)c1. The lowest BCUT2D eigenvalue weighted by Crippen LogP contribution is -2.40. The van der Waals surface area contributed by atoms with Gasteiger partial charge >= 0.3 is 0 Å². The highest BCUT2D eigenvalue weighted by Crippen LogP contribution is 2.28. The molecule has 1 amide bonds. The second-order valence-electron chi connectivity index (χ2n) is 6.01. The summed E-state index contributed by atoms with van der Waals surface area (Å²) in [6.45, 7) is 1.15. The number of rotatable bonds is 5. The number of amides is 1. The standard InChI is InChI=1S/C18H18ClFN2O4S/c19-16-6-5-15(21-18(23)11-13-1-3-14(20)4-2-13)12-17(16)27(24,25)22-7-9-26-10-8-22/h1-6,12H,7-11H2,(H,21,23). The zero-order chi connectivity index (χ0) is 19.4. The molecule has 0 unspecified atom stereocenters. The summed E-state index contributed by atoms with van der Waals surface area (Å²) in [6, 6.07) is 9.90. The van der Waals surface area contributed by atoms with Gasteiger partial charge in [0.25, 0.3) is 0 Å². The smallest absolute Gasteiger partial charge is 0.244 e. The minimum absolute atomic E-state index is 0.0362. The van der Waals surface area contributed by atoms with Crippen molar-refractivity contribution in [2.24, 2.45) is 0 Å². The summed E-state index contributed by atoms with van der Waals surface area (Å²) in [5.74, 6) is -0.728. The van der Waals surface area contributed by atoms with Gasteiger partial charge < -0.3 is 10.1 Å². The van der Waals surface area contributed by atoms with Crippen LogP contribution in [0.3, 0.4) is 0 Å². The lowest BCUT2D eigenvalue weighted by molar-refractivity contribution is -0.115. The fraction of sp³-hybridized carbons (Fsp3) is 0.278. The van der Waals surface area contributed by atoms with Crippen molar-refractivity contribution in [3.05, 3.63) is 58.9 Å². The van der Waals surface area contributed by atoms with Crippen LogP contribution in [0, 0.1) is 5.82 Å². The Morgan fingerprint density at radius 1 is 1.15 bits per heavy atom. The predicted octanol–water partition coefficient (Wildman–Crippen LogP) is 2.68. The number of nitrogens with zero attached hydrogens (tertiary/aromatic N) is 1. The van der Waals surface area contributed by atoms with Gasteiger partial charge in [0, 0.05) is 18.8 Å². The van der Waals surface area contributed by atoms with Crippen LogP contribution >= 0.6 is 11.6 Å². The van der Waals surface area contributed by atoms with Gasteiger partial charge in [0.2, 0.25) is 15.9 Å². The molecule has 0 saturated carbocycles. The molecule has 3 rings (SSSR count). The van der Waals surface area contributed by atoms with Gasteiger partial charge in [0.15, 0.2) is 0 Å². The molecule has 6 nitrogen and oxygen atoms in total. The van der Waals surface area contributed by atoms with Crippen LogP contribution in [0.15, 0.2) is 47.4 Å². The van der Waals surface area contributed by atoms with E-state index in [2.05, 4.69) is 5.32 Å². The first-order valence-corrected chi connectivity index (χ1v) is 10.1. The molecule has 1 fully saturated rings. The van der Waals surface area contributed by atoms with E-state index in [0.717, 1.165) is 0 Å². The van der Waals surface area contributed by atoms with Gasteiger partial charge in [0.1, 0.15) is 10.7 Å². The number of hydrogen-bond acceptors (Lipinski definition) is 4. The van der Waals surface area contributed by atoms with Gasteiger partial charge in [-0.25, -0.2) is 12.8 Å². The number of benzene rings is 2. The predicted molar refractivity (Wildman–Crippen MR) is 99.8 cm³/mol. The molecule has 1 aliphatic rings. The second-order valence-corrected chi connectivity index (χ2v) is 8.33. The van der Waals surface area contributed by atoms with Crippen molar-refractivity contribution in [3.8, 4) is 0 Å². The van der Waals surface area contributed by atoms with Gasteiger partial charge in [0.05, 0.1) is 24.7 Å². The van der Waals surface area contributed by atoms with E-state index in [4.69, 9.17) is 16.3 Å². The summed E-state index contributed by atoms with van der Waals surface area (Å²) in [7, 11) is -3.79. The summed E-state index contributed by atoms with van der Waals surface area (Å²) in [6.07, 6.45) is 0.0362. The Morgan fingerprint density at radius 2 is 1.81 bits per heavy atom. The Kier molecular flexibility index (Phi) is 6.11. The number of ether oxygens (including phenoxy) is 1. The first-order valence-electron chi connectivity index (χ1n) is 8.28. The average molecular weight is 413 g/mol. The van der Waals surface area contributed by atoms with Crippen LogP contribution in [0.1, 0.15) is 5.56 Å². The minimum atomic E-state index is -3.79. The zero-order valence-electron chi connectivity index (χ0n) is 14.3. The van der Waals surface area contributed by atoms with Gasteiger partial charge in [-0.2, -0.15) is 4.31 Å². The van der Waals surface area contributed by atoms with E-state index in [-0.39, 0.29) is 41.2 Å². The topological polar surface area (TPSA) is 75.7 Å². The molecule has 144 valence electrons. The number of morpholine rings is 1. The van der Waals surface area contributed by atoms with E-state index < -0.39 is 10.0 Å². The highest BCUT2D eigenvalue weighted by atomic mass is 35.5. The van der Waals surface area contributed by atoms with E-state index in [1.807, 2.05) is 0 Å². The van der Waals surface area contributed by atoms with Gasteiger partial charge in [-0.15, -0.1) is 0 Å². The number of halogens is 2. The van der Waals surface area contributed by atoms with Crippen molar-refractivity contribution in [1.82, 2.24) is 4.31 Å². The summed E-state index contributed by atoms with van der Waals surface area (Å²) in [5, 5.41) is 2.73. The molecule has 0 aliphatic carbocycles. The van der Waals surface area contributed by atoms with E-state index in [9.17, 15) is 17.6 Å². The van der Waals surface area contributed by atoms with E-state index >= 15 is 0 Å². The highest BCUT2D eigenvalue weighted by Gasteiger charge is 2.28. The molecule has 1 N–H and O–H groups in total. The Hall–Kier alpha value is -2.00. The Labute approximate surface area is 161 Å². The van der Waals surface area contributed by atoms with Crippen molar-refractivity contribution >= 4 is 33.2 Å². The summed E-state index contributed by atoms with van der Waals surface area (Å²) in [5.41, 5.74) is 0.961. The largest absolute Gasteiger partial charge is 0.379 e. The quantitative estimate of drug-likeness (QED) is 0.819. The summed E-state index contributed by atoms with van der Waals surface area (Å²) >= 11 is 6.10. The molecule has 0 radical (unpaired) electrons. The number of hydrogen-bond donors (Lipinski definition) is 1. The second kappa shape index (κ2) is 8.35. The normalized spacial score (nSPS) is 15.5. The maximum Gasteiger partial charge on any atom is 0.244 e. The number of anilines is 1. The molecule has 9 heteroatoms. The third-order valence-electron chi connectivity index (χ3n) is 4.08. The molecule has 0 aromatic heterocycles. The fourth-order valence-corrected chi connectivity index (χ4v) is 4.61.